The van der Waals surface area contributed by atoms with Gasteiger partial charge in [0.05, 0.1) is 31.2 Å². The Kier molecular flexibility index (Phi) is 4.67. The normalized spacial score (nSPS) is 10.2. The molecule has 0 N–H and O–H groups in total. The Morgan fingerprint density at radius 2 is 1.60 bits per heavy atom. The Balaban J connectivity index is 2.16. The van der Waals surface area contributed by atoms with E-state index in [4.69, 9.17) is 9.47 Å². The van der Waals surface area contributed by atoms with Crippen molar-refractivity contribution in [2.24, 2.45) is 0 Å². The number of pyridine rings is 1. The molecule has 2 aromatic carbocycles. The van der Waals surface area contributed by atoms with E-state index in [-0.39, 0.29) is 0 Å². The zero-order valence-corrected chi connectivity index (χ0v) is 14.4. The molecule has 4 heteroatoms. The molecule has 0 saturated heterocycles. The number of nitriles is 1. The van der Waals surface area contributed by atoms with E-state index in [2.05, 4.69) is 11.1 Å². The number of aryl methyl sites for hydroxylation is 1. The van der Waals surface area contributed by atoms with Gasteiger partial charge < -0.3 is 9.47 Å². The summed E-state index contributed by atoms with van der Waals surface area (Å²) in [5, 5.41) is 9.57. The van der Waals surface area contributed by atoms with Crippen molar-refractivity contribution in [3.05, 3.63) is 65.9 Å². The van der Waals surface area contributed by atoms with Crippen molar-refractivity contribution in [2.45, 2.75) is 6.92 Å². The average Bonchev–Trinajstić information content (AvgIpc) is 2.67. The van der Waals surface area contributed by atoms with Crippen LogP contribution >= 0.6 is 0 Å². The number of methoxy groups -OCH3 is 2. The van der Waals surface area contributed by atoms with Gasteiger partial charge in [0, 0.05) is 11.1 Å². The predicted octanol–water partition coefficient (Wildman–Crippen LogP) is 4.61. The van der Waals surface area contributed by atoms with Crippen LogP contribution in [0.2, 0.25) is 0 Å². The van der Waals surface area contributed by atoms with Gasteiger partial charge in [0.1, 0.15) is 17.6 Å². The lowest BCUT2D eigenvalue weighted by Gasteiger charge is -2.11. The molecule has 0 radical (unpaired) electrons. The highest BCUT2D eigenvalue weighted by molar-refractivity contribution is 5.77. The molecule has 4 nitrogen and oxygen atoms in total. The zero-order chi connectivity index (χ0) is 17.8. The van der Waals surface area contributed by atoms with Gasteiger partial charge in [0.15, 0.2) is 0 Å². The predicted molar refractivity (Wildman–Crippen MR) is 97.7 cm³/mol. The molecule has 1 aromatic heterocycles. The minimum atomic E-state index is 0.580. The third-order valence-electron chi connectivity index (χ3n) is 4.08. The molecule has 3 rings (SSSR count). The molecule has 0 aliphatic heterocycles. The third kappa shape index (κ3) is 3.31. The van der Waals surface area contributed by atoms with E-state index >= 15 is 0 Å². The van der Waals surface area contributed by atoms with E-state index in [1.807, 2.05) is 61.5 Å². The molecule has 0 saturated carbocycles. The second-order valence-corrected chi connectivity index (χ2v) is 5.59. The first-order chi connectivity index (χ1) is 12.2. The lowest BCUT2D eigenvalue weighted by molar-refractivity contribution is 0.415. The smallest absolute Gasteiger partial charge is 0.119 e. The first-order valence-corrected chi connectivity index (χ1v) is 7.87. The monoisotopic (exact) mass is 330 g/mol. The van der Waals surface area contributed by atoms with E-state index in [1.165, 1.54) is 0 Å². The van der Waals surface area contributed by atoms with Gasteiger partial charge in [0.25, 0.3) is 0 Å². The molecule has 1 heterocycles. The van der Waals surface area contributed by atoms with Crippen molar-refractivity contribution in [1.29, 1.82) is 5.26 Å². The summed E-state index contributed by atoms with van der Waals surface area (Å²) in [6.07, 6.45) is 0. The number of ether oxygens (including phenoxy) is 2. The molecular weight excluding hydrogens is 312 g/mol. The first-order valence-electron chi connectivity index (χ1n) is 7.87. The van der Waals surface area contributed by atoms with E-state index in [1.54, 1.807) is 14.2 Å². The van der Waals surface area contributed by atoms with Crippen molar-refractivity contribution in [1.82, 2.24) is 4.98 Å². The maximum absolute atomic E-state index is 9.57. The Hall–Kier alpha value is -3.32. The number of nitrogens with zero attached hydrogens (tertiary/aromatic N) is 2. The number of benzene rings is 2. The van der Waals surface area contributed by atoms with Crippen molar-refractivity contribution in [2.75, 3.05) is 14.2 Å². The molecule has 0 fully saturated rings. The van der Waals surface area contributed by atoms with Crippen LogP contribution in [0, 0.1) is 18.3 Å². The van der Waals surface area contributed by atoms with Crippen LogP contribution in [0.1, 0.15) is 11.3 Å². The molecule has 0 spiro atoms. The fourth-order valence-corrected chi connectivity index (χ4v) is 2.74. The van der Waals surface area contributed by atoms with Gasteiger partial charge in [-0.3, -0.25) is 4.98 Å². The molecule has 124 valence electrons. The van der Waals surface area contributed by atoms with Gasteiger partial charge >= 0.3 is 0 Å². The van der Waals surface area contributed by atoms with Crippen molar-refractivity contribution < 1.29 is 9.47 Å². The molecule has 0 atom stereocenters. The van der Waals surface area contributed by atoms with Gasteiger partial charge in [-0.1, -0.05) is 24.3 Å². The first kappa shape index (κ1) is 16.5. The number of hydrogen-bond donors (Lipinski definition) is 0. The Labute approximate surface area is 147 Å². The summed E-state index contributed by atoms with van der Waals surface area (Å²) in [6, 6.07) is 19.6. The highest BCUT2D eigenvalue weighted by atomic mass is 16.5. The number of hydrogen-bond acceptors (Lipinski definition) is 4. The van der Waals surface area contributed by atoms with Gasteiger partial charge in [-0.15, -0.1) is 0 Å². The van der Waals surface area contributed by atoms with E-state index < -0.39 is 0 Å². The Morgan fingerprint density at radius 1 is 0.880 bits per heavy atom. The molecule has 25 heavy (non-hydrogen) atoms. The average molecular weight is 330 g/mol. The molecule has 0 unspecified atom stereocenters. The molecule has 0 aliphatic carbocycles. The standard InChI is InChI=1S/C21H18N2O2/c1-14-20(13-22)19(15-7-9-17(24-2)10-8-15)12-21(23-14)16-5-4-6-18(11-16)25-3/h4-12H,1-3H3. The van der Waals surface area contributed by atoms with Crippen LogP contribution in [-0.2, 0) is 0 Å². The highest BCUT2D eigenvalue weighted by Crippen LogP contribution is 2.31. The van der Waals surface area contributed by atoms with E-state index in [0.717, 1.165) is 33.9 Å². The lowest BCUT2D eigenvalue weighted by atomic mass is 9.97. The fourth-order valence-electron chi connectivity index (χ4n) is 2.74. The molecule has 0 bridgehead atoms. The quantitative estimate of drug-likeness (QED) is 0.701. The minimum Gasteiger partial charge on any atom is -0.497 e. The SMILES string of the molecule is COc1ccc(-c2cc(-c3cccc(OC)c3)nc(C)c2C#N)cc1. The Bertz CT molecular complexity index is 941. The highest BCUT2D eigenvalue weighted by Gasteiger charge is 2.13. The van der Waals surface area contributed by atoms with Crippen molar-refractivity contribution >= 4 is 0 Å². The van der Waals surface area contributed by atoms with Gasteiger partial charge in [-0.05, 0) is 42.8 Å². The topological polar surface area (TPSA) is 55.1 Å². The molecule has 0 amide bonds. The van der Waals surface area contributed by atoms with Crippen LogP contribution in [0.5, 0.6) is 11.5 Å². The van der Waals surface area contributed by atoms with Gasteiger partial charge in [0.2, 0.25) is 0 Å². The minimum absolute atomic E-state index is 0.580. The van der Waals surface area contributed by atoms with Crippen LogP contribution < -0.4 is 9.47 Å². The molecule has 0 aliphatic rings. The zero-order valence-electron chi connectivity index (χ0n) is 14.4. The van der Waals surface area contributed by atoms with Crippen LogP contribution in [0.15, 0.2) is 54.6 Å². The molecular formula is C21H18N2O2. The lowest BCUT2D eigenvalue weighted by Crippen LogP contribution is -1.96. The maximum Gasteiger partial charge on any atom is 0.119 e. The van der Waals surface area contributed by atoms with Crippen molar-refractivity contribution in [3.8, 4) is 40.0 Å². The summed E-state index contributed by atoms with van der Waals surface area (Å²) >= 11 is 0. The van der Waals surface area contributed by atoms with Crippen LogP contribution in [0.3, 0.4) is 0 Å². The maximum atomic E-state index is 9.57. The third-order valence-corrected chi connectivity index (χ3v) is 4.08. The Morgan fingerprint density at radius 3 is 2.24 bits per heavy atom. The summed E-state index contributed by atoms with van der Waals surface area (Å²) in [7, 11) is 3.27. The summed E-state index contributed by atoms with van der Waals surface area (Å²) < 4.78 is 10.5. The largest absolute Gasteiger partial charge is 0.497 e. The fraction of sp³-hybridized carbons (Fsp3) is 0.143. The van der Waals surface area contributed by atoms with Crippen LogP contribution in [-0.4, -0.2) is 19.2 Å². The van der Waals surface area contributed by atoms with E-state index in [9.17, 15) is 5.26 Å². The van der Waals surface area contributed by atoms with Crippen LogP contribution in [0.4, 0.5) is 0 Å². The summed E-state index contributed by atoms with van der Waals surface area (Å²) in [5.41, 5.74) is 4.84. The number of rotatable bonds is 4. The summed E-state index contributed by atoms with van der Waals surface area (Å²) in [5.74, 6) is 1.55. The van der Waals surface area contributed by atoms with Gasteiger partial charge in [-0.2, -0.15) is 5.26 Å². The van der Waals surface area contributed by atoms with E-state index in [0.29, 0.717) is 11.3 Å². The van der Waals surface area contributed by atoms with Gasteiger partial charge in [-0.25, -0.2) is 0 Å². The summed E-state index contributed by atoms with van der Waals surface area (Å²) in [6.45, 7) is 1.86. The van der Waals surface area contributed by atoms with Crippen LogP contribution in [0.25, 0.3) is 22.4 Å². The summed E-state index contributed by atoms with van der Waals surface area (Å²) in [4.78, 5) is 4.61. The van der Waals surface area contributed by atoms with Crippen molar-refractivity contribution in [3.63, 3.8) is 0 Å². The second-order valence-electron chi connectivity index (χ2n) is 5.59. The second kappa shape index (κ2) is 7.06. The molecule has 3 aromatic rings. The number of aromatic nitrogens is 1.